The number of carboxylic acids is 1. The van der Waals surface area contributed by atoms with Crippen LogP contribution < -0.4 is 24.8 Å². The molecule has 0 atom stereocenters. The number of aromatic carboxylic acids is 1. The van der Waals surface area contributed by atoms with Crippen molar-refractivity contribution in [3.05, 3.63) is 101 Å². The highest BCUT2D eigenvalue weighted by atomic mass is 79.9. The van der Waals surface area contributed by atoms with Crippen molar-refractivity contribution in [1.29, 1.82) is 0 Å². The molecule has 44 heavy (non-hydrogen) atoms. The normalized spacial score (nSPS) is 12.6. The molecule has 230 valence electrons. The molecule has 0 saturated carbocycles. The number of piperidine rings is 1. The Bertz CT molecular complexity index is 1590. The zero-order valence-electron chi connectivity index (χ0n) is 24.6. The average molecular weight is 681 g/mol. The Balaban J connectivity index is 0.00000442. The monoisotopic (exact) mass is 679 g/mol. The molecular formula is C34H35BrClN3O5. The van der Waals surface area contributed by atoms with Crippen LogP contribution in [0.1, 0.15) is 35.2 Å². The van der Waals surface area contributed by atoms with Crippen LogP contribution in [0.25, 0.3) is 11.1 Å². The van der Waals surface area contributed by atoms with Gasteiger partial charge in [0.2, 0.25) is 5.91 Å². The van der Waals surface area contributed by atoms with Crippen molar-refractivity contribution in [3.63, 3.8) is 0 Å². The van der Waals surface area contributed by atoms with Gasteiger partial charge in [0.05, 0.1) is 37.7 Å². The Kier molecular flexibility index (Phi) is 11.1. The van der Waals surface area contributed by atoms with E-state index in [4.69, 9.17) is 9.47 Å². The maximum Gasteiger partial charge on any atom is 0.339 e. The third-order valence-corrected chi connectivity index (χ3v) is 8.30. The number of anilines is 3. The number of halogens is 2. The van der Waals surface area contributed by atoms with Gasteiger partial charge in [0, 0.05) is 17.6 Å². The van der Waals surface area contributed by atoms with E-state index in [1.165, 1.54) is 19.6 Å². The highest BCUT2D eigenvalue weighted by molar-refractivity contribution is 9.10. The van der Waals surface area contributed by atoms with Gasteiger partial charge in [-0.1, -0.05) is 52.3 Å². The summed E-state index contributed by atoms with van der Waals surface area (Å²) in [7, 11) is 3.06. The highest BCUT2D eigenvalue weighted by Crippen LogP contribution is 2.34. The van der Waals surface area contributed by atoms with Gasteiger partial charge in [0.25, 0.3) is 0 Å². The van der Waals surface area contributed by atoms with Crippen molar-refractivity contribution in [2.45, 2.75) is 25.7 Å². The highest BCUT2D eigenvalue weighted by Gasteiger charge is 2.25. The number of carbonyl (C=O) groups is 2. The van der Waals surface area contributed by atoms with E-state index in [1.807, 2.05) is 66.7 Å². The fraction of sp³-hybridized carbons (Fsp3) is 0.235. The first-order valence-electron chi connectivity index (χ1n) is 14.2. The Hall–Kier alpha value is -4.21. The molecule has 4 aromatic rings. The van der Waals surface area contributed by atoms with Crippen molar-refractivity contribution in [3.8, 4) is 22.6 Å². The largest absolute Gasteiger partial charge is 0.497 e. The van der Waals surface area contributed by atoms with E-state index in [-0.39, 0.29) is 36.0 Å². The fourth-order valence-electron chi connectivity index (χ4n) is 5.27. The summed E-state index contributed by atoms with van der Waals surface area (Å²) in [6.07, 6.45) is 3.40. The van der Waals surface area contributed by atoms with E-state index < -0.39 is 5.97 Å². The van der Waals surface area contributed by atoms with Crippen LogP contribution in [0.4, 0.5) is 17.1 Å². The summed E-state index contributed by atoms with van der Waals surface area (Å²) in [5, 5.41) is 11.2. The van der Waals surface area contributed by atoms with Gasteiger partial charge in [0.1, 0.15) is 17.1 Å². The van der Waals surface area contributed by atoms with Gasteiger partial charge in [0.15, 0.2) is 0 Å². The van der Waals surface area contributed by atoms with Gasteiger partial charge in [-0.15, -0.1) is 12.4 Å². The number of carbonyl (C=O) groups excluding carboxylic acids is 1. The Morgan fingerprint density at radius 2 is 1.52 bits per heavy atom. The molecule has 1 aliphatic heterocycles. The zero-order chi connectivity index (χ0) is 30.3. The van der Waals surface area contributed by atoms with Gasteiger partial charge in [-0.2, -0.15) is 0 Å². The van der Waals surface area contributed by atoms with E-state index in [1.54, 1.807) is 18.2 Å². The number of hydrogen-bond donors (Lipinski definition) is 2. The number of nitrogens with one attached hydrogen (secondary N) is 1. The number of ether oxygens (including phenoxy) is 2. The number of methoxy groups -OCH3 is 2. The summed E-state index contributed by atoms with van der Waals surface area (Å²) >= 11 is 3.47. The smallest absolute Gasteiger partial charge is 0.339 e. The Morgan fingerprint density at radius 3 is 2.14 bits per heavy atom. The topological polar surface area (TPSA) is 91.3 Å². The molecule has 5 rings (SSSR count). The molecule has 1 saturated heterocycles. The number of hydrazine groups is 1. The minimum atomic E-state index is -1.10. The standard InChI is InChI=1S/C34H34BrN3O5.ClH/c1-42-27-16-12-24(13-17-27)23-10-14-26(15-11-23)36-38(31-9-5-4-8-30(31)37-18-6-3-7-19-37)33(39)21-25-20-32(43-2)28(34(40)41)22-29(25)35;/h4-5,8-17,20,22,36H,3,6-7,18-19,21H2,1-2H3,(H,40,41);1H. The number of benzene rings is 4. The molecule has 1 aliphatic rings. The van der Waals surface area contributed by atoms with Crippen LogP contribution in [-0.2, 0) is 11.2 Å². The lowest BCUT2D eigenvalue weighted by molar-refractivity contribution is -0.117. The van der Waals surface area contributed by atoms with E-state index in [2.05, 4.69) is 32.3 Å². The molecule has 0 aromatic heterocycles. The van der Waals surface area contributed by atoms with Gasteiger partial charge in [-0.3, -0.25) is 10.2 Å². The molecule has 0 bridgehead atoms. The second-order valence-electron chi connectivity index (χ2n) is 10.3. The second kappa shape index (κ2) is 15.0. The van der Waals surface area contributed by atoms with Gasteiger partial charge >= 0.3 is 5.97 Å². The molecule has 0 radical (unpaired) electrons. The number of amides is 1. The number of carboxylic acid groups (broad SMARTS) is 1. The molecular weight excluding hydrogens is 646 g/mol. The lowest BCUT2D eigenvalue weighted by Gasteiger charge is -2.34. The zero-order valence-corrected chi connectivity index (χ0v) is 27.0. The second-order valence-corrected chi connectivity index (χ2v) is 11.2. The van der Waals surface area contributed by atoms with E-state index >= 15 is 0 Å². The maximum atomic E-state index is 14.1. The maximum absolute atomic E-state index is 14.1. The van der Waals surface area contributed by atoms with Gasteiger partial charge in [-0.25, -0.2) is 9.80 Å². The molecule has 2 N–H and O–H groups in total. The van der Waals surface area contributed by atoms with Crippen LogP contribution in [0.15, 0.2) is 89.4 Å². The molecule has 8 nitrogen and oxygen atoms in total. The van der Waals surface area contributed by atoms with E-state index in [0.29, 0.717) is 10.0 Å². The molecule has 4 aromatic carbocycles. The van der Waals surface area contributed by atoms with Crippen LogP contribution >= 0.6 is 28.3 Å². The van der Waals surface area contributed by atoms with Crippen LogP contribution in [0, 0.1) is 0 Å². The number of nitrogens with zero attached hydrogens (tertiary/aromatic N) is 2. The van der Waals surface area contributed by atoms with E-state index in [0.717, 1.165) is 59.9 Å². The molecule has 1 heterocycles. The summed E-state index contributed by atoms with van der Waals surface area (Å²) in [4.78, 5) is 28.2. The van der Waals surface area contributed by atoms with Crippen molar-refractivity contribution < 1.29 is 24.2 Å². The molecule has 1 amide bonds. The van der Waals surface area contributed by atoms with Crippen LogP contribution in [0.5, 0.6) is 11.5 Å². The van der Waals surface area contributed by atoms with Crippen molar-refractivity contribution in [2.24, 2.45) is 0 Å². The van der Waals surface area contributed by atoms with E-state index in [9.17, 15) is 14.7 Å². The van der Waals surface area contributed by atoms with Gasteiger partial charge in [-0.05, 0) is 84.5 Å². The van der Waals surface area contributed by atoms with Crippen molar-refractivity contribution >= 4 is 57.3 Å². The predicted molar refractivity (Wildman–Crippen MR) is 181 cm³/mol. The summed E-state index contributed by atoms with van der Waals surface area (Å²) in [5.74, 6) is -0.326. The first-order valence-corrected chi connectivity index (χ1v) is 14.9. The average Bonchev–Trinajstić information content (AvgIpc) is 3.05. The molecule has 0 spiro atoms. The first kappa shape index (κ1) is 32.7. The van der Waals surface area contributed by atoms with Crippen LogP contribution in [0.2, 0.25) is 0 Å². The number of rotatable bonds is 10. The summed E-state index contributed by atoms with van der Waals surface area (Å²) < 4.78 is 11.1. The minimum Gasteiger partial charge on any atom is -0.497 e. The fourth-order valence-corrected chi connectivity index (χ4v) is 5.75. The molecule has 10 heteroatoms. The lowest BCUT2D eigenvalue weighted by Crippen LogP contribution is -2.39. The van der Waals surface area contributed by atoms with Crippen molar-refractivity contribution in [1.82, 2.24) is 0 Å². The first-order chi connectivity index (χ1) is 20.9. The van der Waals surface area contributed by atoms with Crippen molar-refractivity contribution in [2.75, 3.05) is 42.6 Å². The summed E-state index contributed by atoms with van der Waals surface area (Å²) in [6, 6.07) is 26.8. The Morgan fingerprint density at radius 1 is 0.886 bits per heavy atom. The third kappa shape index (κ3) is 7.46. The third-order valence-electron chi connectivity index (χ3n) is 7.56. The lowest BCUT2D eigenvalue weighted by atomic mass is 10.1. The minimum absolute atomic E-state index is 0. The molecule has 0 aliphatic carbocycles. The summed E-state index contributed by atoms with van der Waals surface area (Å²) in [6.45, 7) is 1.85. The molecule has 0 unspecified atom stereocenters. The Labute approximate surface area is 272 Å². The molecule has 1 fully saturated rings. The quantitative estimate of drug-likeness (QED) is 0.165. The number of hydrogen-bond acceptors (Lipinski definition) is 6. The predicted octanol–water partition coefficient (Wildman–Crippen LogP) is 7.85. The SMILES string of the molecule is COc1ccc(-c2ccc(NN(C(=O)Cc3cc(OC)c(C(=O)O)cc3Br)c3ccccc3N3CCCCC3)cc2)cc1.Cl. The summed E-state index contributed by atoms with van der Waals surface area (Å²) in [5.41, 5.74) is 8.57. The van der Waals surface area contributed by atoms with Crippen LogP contribution in [0.3, 0.4) is 0 Å². The van der Waals surface area contributed by atoms with Gasteiger partial charge < -0.3 is 19.5 Å². The van der Waals surface area contributed by atoms with Crippen LogP contribution in [-0.4, -0.2) is 44.3 Å². The number of para-hydroxylation sites is 2.